The van der Waals surface area contributed by atoms with E-state index in [1.807, 2.05) is 24.3 Å². The van der Waals surface area contributed by atoms with Crippen LogP contribution in [0.5, 0.6) is 11.5 Å². The monoisotopic (exact) mass is 249 g/mol. The second kappa shape index (κ2) is 7.27. The average Bonchev–Trinajstić information content (AvgIpc) is 3.22. The molecule has 1 fully saturated rings. The van der Waals surface area contributed by atoms with E-state index in [9.17, 15) is 0 Å². The predicted octanol–water partition coefficient (Wildman–Crippen LogP) is 3.00. The summed E-state index contributed by atoms with van der Waals surface area (Å²) >= 11 is 0. The second-order valence-electron chi connectivity index (χ2n) is 4.82. The maximum atomic E-state index is 5.69. The summed E-state index contributed by atoms with van der Waals surface area (Å²) in [7, 11) is 1.67. The van der Waals surface area contributed by atoms with E-state index in [4.69, 9.17) is 9.47 Å². The van der Waals surface area contributed by atoms with Gasteiger partial charge in [-0.15, -0.1) is 0 Å². The molecule has 3 heteroatoms. The van der Waals surface area contributed by atoms with Crippen LogP contribution in [-0.4, -0.2) is 26.3 Å². The van der Waals surface area contributed by atoms with Crippen molar-refractivity contribution < 1.29 is 9.47 Å². The number of methoxy groups -OCH3 is 1. The Hall–Kier alpha value is -1.22. The van der Waals surface area contributed by atoms with Crippen molar-refractivity contribution in [1.29, 1.82) is 0 Å². The third-order valence-corrected chi connectivity index (χ3v) is 3.14. The lowest BCUT2D eigenvalue weighted by molar-refractivity contribution is 0.302. The van der Waals surface area contributed by atoms with E-state index in [-0.39, 0.29) is 0 Å². The molecular weight excluding hydrogens is 226 g/mol. The molecule has 0 radical (unpaired) electrons. The summed E-state index contributed by atoms with van der Waals surface area (Å²) in [5, 5.41) is 3.52. The van der Waals surface area contributed by atoms with E-state index in [1.54, 1.807) is 7.11 Å². The molecule has 0 unspecified atom stereocenters. The molecule has 0 amide bonds. The molecule has 0 heterocycles. The molecule has 0 bridgehead atoms. The zero-order valence-electron chi connectivity index (χ0n) is 11.2. The molecule has 0 atom stereocenters. The number of rotatable bonds is 9. The summed E-state index contributed by atoms with van der Waals surface area (Å²) in [5.74, 6) is 1.74. The van der Waals surface area contributed by atoms with Crippen molar-refractivity contribution in [2.45, 2.75) is 38.1 Å². The number of nitrogens with one attached hydrogen (secondary N) is 1. The standard InChI is InChI=1S/C15H23NO2/c1-17-14-6-5-7-15(12-14)18-11-4-2-3-10-16-13-8-9-13/h5-7,12-13,16H,2-4,8-11H2,1H3. The molecule has 1 aromatic carbocycles. The van der Waals surface area contributed by atoms with Crippen LogP contribution in [0.15, 0.2) is 24.3 Å². The molecule has 2 rings (SSSR count). The second-order valence-corrected chi connectivity index (χ2v) is 4.82. The Morgan fingerprint density at radius 2 is 2.00 bits per heavy atom. The van der Waals surface area contributed by atoms with E-state index in [0.29, 0.717) is 0 Å². The van der Waals surface area contributed by atoms with Gasteiger partial charge in [-0.3, -0.25) is 0 Å². The first-order valence-electron chi connectivity index (χ1n) is 6.89. The van der Waals surface area contributed by atoms with Crippen LogP contribution in [0.1, 0.15) is 32.1 Å². The predicted molar refractivity (Wildman–Crippen MR) is 73.4 cm³/mol. The molecule has 1 N–H and O–H groups in total. The van der Waals surface area contributed by atoms with Crippen LogP contribution in [0.2, 0.25) is 0 Å². The van der Waals surface area contributed by atoms with Crippen molar-refractivity contribution in [2.75, 3.05) is 20.3 Å². The van der Waals surface area contributed by atoms with Crippen molar-refractivity contribution in [1.82, 2.24) is 5.32 Å². The van der Waals surface area contributed by atoms with E-state index in [2.05, 4.69) is 5.32 Å². The molecular formula is C15H23NO2. The highest BCUT2D eigenvalue weighted by molar-refractivity contribution is 5.32. The van der Waals surface area contributed by atoms with Gasteiger partial charge in [0.15, 0.2) is 0 Å². The summed E-state index contributed by atoms with van der Waals surface area (Å²) < 4.78 is 10.8. The molecule has 1 aromatic rings. The Morgan fingerprint density at radius 1 is 1.17 bits per heavy atom. The van der Waals surface area contributed by atoms with E-state index in [1.165, 1.54) is 25.7 Å². The molecule has 18 heavy (non-hydrogen) atoms. The van der Waals surface area contributed by atoms with E-state index >= 15 is 0 Å². The lowest BCUT2D eigenvalue weighted by atomic mass is 10.2. The number of unbranched alkanes of at least 4 members (excludes halogenated alkanes) is 2. The Kier molecular flexibility index (Phi) is 5.34. The van der Waals surface area contributed by atoms with Crippen molar-refractivity contribution in [2.24, 2.45) is 0 Å². The quantitative estimate of drug-likeness (QED) is 0.682. The van der Waals surface area contributed by atoms with Crippen LogP contribution in [-0.2, 0) is 0 Å². The lowest BCUT2D eigenvalue weighted by Crippen LogP contribution is -2.17. The normalized spacial score (nSPS) is 14.5. The summed E-state index contributed by atoms with van der Waals surface area (Å²) in [6, 6.07) is 8.61. The van der Waals surface area contributed by atoms with Gasteiger partial charge in [-0.1, -0.05) is 6.07 Å². The molecule has 0 aromatic heterocycles. The fourth-order valence-corrected chi connectivity index (χ4v) is 1.88. The minimum Gasteiger partial charge on any atom is -0.497 e. The summed E-state index contributed by atoms with van der Waals surface area (Å²) in [4.78, 5) is 0. The summed E-state index contributed by atoms with van der Waals surface area (Å²) in [6.07, 6.45) is 6.34. The lowest BCUT2D eigenvalue weighted by Gasteiger charge is -2.07. The van der Waals surface area contributed by atoms with Crippen LogP contribution in [0, 0.1) is 0 Å². The highest BCUT2D eigenvalue weighted by atomic mass is 16.5. The van der Waals surface area contributed by atoms with Gasteiger partial charge in [-0.25, -0.2) is 0 Å². The molecule has 3 nitrogen and oxygen atoms in total. The fourth-order valence-electron chi connectivity index (χ4n) is 1.88. The van der Waals surface area contributed by atoms with Crippen molar-refractivity contribution in [3.63, 3.8) is 0 Å². The smallest absolute Gasteiger partial charge is 0.122 e. The molecule has 1 aliphatic rings. The van der Waals surface area contributed by atoms with Crippen LogP contribution < -0.4 is 14.8 Å². The van der Waals surface area contributed by atoms with Gasteiger partial charge in [0, 0.05) is 12.1 Å². The van der Waals surface area contributed by atoms with Gasteiger partial charge >= 0.3 is 0 Å². The van der Waals surface area contributed by atoms with Gasteiger partial charge in [0.2, 0.25) is 0 Å². The first-order valence-corrected chi connectivity index (χ1v) is 6.89. The number of hydrogen-bond acceptors (Lipinski definition) is 3. The number of hydrogen-bond donors (Lipinski definition) is 1. The van der Waals surface area contributed by atoms with Crippen LogP contribution >= 0.6 is 0 Å². The van der Waals surface area contributed by atoms with E-state index in [0.717, 1.165) is 37.1 Å². The minimum absolute atomic E-state index is 0.788. The topological polar surface area (TPSA) is 30.5 Å². The average molecular weight is 249 g/mol. The summed E-state index contributed by atoms with van der Waals surface area (Å²) in [6.45, 7) is 1.94. The maximum absolute atomic E-state index is 5.69. The summed E-state index contributed by atoms with van der Waals surface area (Å²) in [5.41, 5.74) is 0. The number of ether oxygens (including phenoxy) is 2. The third kappa shape index (κ3) is 4.96. The third-order valence-electron chi connectivity index (χ3n) is 3.14. The van der Waals surface area contributed by atoms with Crippen LogP contribution in [0.4, 0.5) is 0 Å². The molecule has 1 aliphatic carbocycles. The molecule has 0 spiro atoms. The van der Waals surface area contributed by atoms with E-state index < -0.39 is 0 Å². The van der Waals surface area contributed by atoms with Crippen molar-refractivity contribution >= 4 is 0 Å². The first kappa shape index (κ1) is 13.2. The highest BCUT2D eigenvalue weighted by Crippen LogP contribution is 2.19. The molecule has 0 saturated heterocycles. The molecule has 100 valence electrons. The van der Waals surface area contributed by atoms with Gasteiger partial charge < -0.3 is 14.8 Å². The van der Waals surface area contributed by atoms with Crippen molar-refractivity contribution in [3.05, 3.63) is 24.3 Å². The molecule has 1 saturated carbocycles. The first-order chi connectivity index (χ1) is 8.88. The van der Waals surface area contributed by atoms with Crippen LogP contribution in [0.25, 0.3) is 0 Å². The van der Waals surface area contributed by atoms with Gasteiger partial charge in [0.25, 0.3) is 0 Å². The Morgan fingerprint density at radius 3 is 2.78 bits per heavy atom. The Bertz CT molecular complexity index is 350. The SMILES string of the molecule is COc1cccc(OCCCCCNC2CC2)c1. The minimum atomic E-state index is 0.788. The molecule has 0 aliphatic heterocycles. The van der Waals surface area contributed by atoms with Crippen molar-refractivity contribution in [3.8, 4) is 11.5 Å². The zero-order valence-corrected chi connectivity index (χ0v) is 11.2. The van der Waals surface area contributed by atoms with Crippen LogP contribution in [0.3, 0.4) is 0 Å². The highest BCUT2D eigenvalue weighted by Gasteiger charge is 2.19. The Balaban J connectivity index is 1.51. The largest absolute Gasteiger partial charge is 0.497 e. The fraction of sp³-hybridized carbons (Fsp3) is 0.600. The maximum Gasteiger partial charge on any atom is 0.122 e. The van der Waals surface area contributed by atoms with Gasteiger partial charge in [0.05, 0.1) is 13.7 Å². The zero-order chi connectivity index (χ0) is 12.6. The van der Waals surface area contributed by atoms with Gasteiger partial charge in [-0.2, -0.15) is 0 Å². The van der Waals surface area contributed by atoms with Gasteiger partial charge in [0.1, 0.15) is 11.5 Å². The number of benzene rings is 1. The van der Waals surface area contributed by atoms with Gasteiger partial charge in [-0.05, 0) is 50.8 Å². The Labute approximate surface area is 109 Å².